The molecule has 0 bridgehead atoms. The van der Waals surface area contributed by atoms with E-state index < -0.39 is 19.8 Å². The largest absolute Gasteiger partial charge is 0.527 e. The minimum absolute atomic E-state index is 0.0895. The monoisotopic (exact) mass is 405 g/mol. The van der Waals surface area contributed by atoms with Gasteiger partial charge >= 0.3 is 13.8 Å². The Morgan fingerprint density at radius 1 is 1.11 bits per heavy atom. The number of carbonyl (C=O) groups excluding carboxylic acids is 2. The summed E-state index contributed by atoms with van der Waals surface area (Å²) in [5, 5.41) is 0. The zero-order valence-corrected chi connectivity index (χ0v) is 15.9. The van der Waals surface area contributed by atoms with Gasteiger partial charge in [0.25, 0.3) is 0 Å². The molecule has 0 aromatic heterocycles. The molecular formula is C19H20NO7P. The molecule has 0 saturated heterocycles. The Bertz CT molecular complexity index is 875. The van der Waals surface area contributed by atoms with Crippen LogP contribution in [0.15, 0.2) is 60.7 Å². The summed E-state index contributed by atoms with van der Waals surface area (Å²) in [5.74, 6) is -1.22. The van der Waals surface area contributed by atoms with Gasteiger partial charge in [0, 0.05) is 5.56 Å². The molecule has 0 radical (unpaired) electrons. The van der Waals surface area contributed by atoms with Crippen LogP contribution >= 0.6 is 7.82 Å². The highest BCUT2D eigenvalue weighted by Gasteiger charge is 2.24. The van der Waals surface area contributed by atoms with Crippen LogP contribution < -0.4 is 5.48 Å². The highest BCUT2D eigenvalue weighted by Crippen LogP contribution is 2.36. The second kappa shape index (κ2) is 10.1. The summed E-state index contributed by atoms with van der Waals surface area (Å²) in [6.07, 6.45) is 3.20. The fourth-order valence-corrected chi connectivity index (χ4v) is 2.48. The molecule has 3 N–H and O–H groups in total. The van der Waals surface area contributed by atoms with Gasteiger partial charge in [-0.25, -0.2) is 9.36 Å². The van der Waals surface area contributed by atoms with E-state index in [1.54, 1.807) is 54.6 Å². The van der Waals surface area contributed by atoms with Crippen molar-refractivity contribution in [2.24, 2.45) is 0 Å². The molecule has 9 heteroatoms. The van der Waals surface area contributed by atoms with Gasteiger partial charge in [-0.15, -0.1) is 0 Å². The van der Waals surface area contributed by atoms with Crippen molar-refractivity contribution in [2.45, 2.75) is 19.6 Å². The van der Waals surface area contributed by atoms with E-state index in [0.717, 1.165) is 11.1 Å². The fraction of sp³-hybridized carbons (Fsp3) is 0.158. The van der Waals surface area contributed by atoms with Crippen molar-refractivity contribution in [2.75, 3.05) is 0 Å². The Balaban J connectivity index is 1.81. The van der Waals surface area contributed by atoms with Crippen molar-refractivity contribution in [3.05, 3.63) is 77.4 Å². The maximum absolute atomic E-state index is 12.0. The van der Waals surface area contributed by atoms with Crippen LogP contribution in [0.25, 0.3) is 6.08 Å². The van der Waals surface area contributed by atoms with Crippen molar-refractivity contribution >= 4 is 25.7 Å². The van der Waals surface area contributed by atoms with Crippen LogP contribution in [0.1, 0.15) is 28.4 Å². The van der Waals surface area contributed by atoms with Crippen LogP contribution in [0.4, 0.5) is 0 Å². The molecule has 148 valence electrons. The topological polar surface area (TPSA) is 122 Å². The lowest BCUT2D eigenvalue weighted by atomic mass is 10.1. The molecule has 1 atom stereocenters. The Morgan fingerprint density at radius 3 is 2.36 bits per heavy atom. The van der Waals surface area contributed by atoms with Gasteiger partial charge in [0.2, 0.25) is 0 Å². The number of carbonyl (C=O) groups is 2. The van der Waals surface area contributed by atoms with Crippen molar-refractivity contribution in [3.63, 3.8) is 0 Å². The molecule has 0 unspecified atom stereocenters. The van der Waals surface area contributed by atoms with Gasteiger partial charge in [-0.2, -0.15) is 5.48 Å². The number of rotatable bonds is 9. The number of ketones is 1. The lowest BCUT2D eigenvalue weighted by Crippen LogP contribution is -2.34. The molecule has 2 rings (SSSR count). The normalized spacial score (nSPS) is 12.7. The number of hydrogen-bond donors (Lipinski definition) is 3. The van der Waals surface area contributed by atoms with Crippen LogP contribution in [0.3, 0.4) is 0 Å². The maximum atomic E-state index is 12.0. The first-order valence-corrected chi connectivity index (χ1v) is 9.80. The van der Waals surface area contributed by atoms with E-state index >= 15 is 0 Å². The van der Waals surface area contributed by atoms with Crippen LogP contribution in [-0.4, -0.2) is 27.6 Å². The summed E-state index contributed by atoms with van der Waals surface area (Å²) in [7, 11) is -4.88. The van der Waals surface area contributed by atoms with E-state index in [1.165, 1.54) is 13.0 Å². The standard InChI is InChI=1S/C19H20NO7P/c1-14(19(22)27-28(23,24)25)20-26-13-16-9-7-15(8-10-16)11-12-18(21)17-5-3-2-4-6-17/h2-12,14,20H,13H2,1H3,(H2,23,24,25)/t14-/m0/s1. The Labute approximate surface area is 162 Å². The minimum Gasteiger partial charge on any atom is -0.369 e. The van der Waals surface area contributed by atoms with Crippen LogP contribution in [0.2, 0.25) is 0 Å². The summed E-state index contributed by atoms with van der Waals surface area (Å²) >= 11 is 0. The smallest absolute Gasteiger partial charge is 0.369 e. The third-order valence-electron chi connectivity index (χ3n) is 3.53. The van der Waals surface area contributed by atoms with Crippen molar-refractivity contribution < 1.29 is 33.3 Å². The summed E-state index contributed by atoms with van der Waals surface area (Å²) < 4.78 is 14.6. The van der Waals surface area contributed by atoms with Gasteiger partial charge in [-0.3, -0.25) is 19.4 Å². The Kier molecular flexibility index (Phi) is 7.80. The number of phosphoric acid groups is 1. The van der Waals surface area contributed by atoms with Crippen molar-refractivity contribution in [3.8, 4) is 0 Å². The second-order valence-electron chi connectivity index (χ2n) is 5.83. The lowest BCUT2D eigenvalue weighted by molar-refractivity contribution is -0.142. The number of nitrogens with one attached hydrogen (secondary N) is 1. The molecule has 0 aliphatic rings. The van der Waals surface area contributed by atoms with Crippen LogP contribution in [-0.2, 0) is 25.3 Å². The zero-order valence-electron chi connectivity index (χ0n) is 15.0. The fourth-order valence-electron chi connectivity index (χ4n) is 2.09. The lowest BCUT2D eigenvalue weighted by Gasteiger charge is -2.13. The SMILES string of the molecule is C[C@H](NOCc1ccc(C=CC(=O)c2ccccc2)cc1)C(=O)OP(=O)(O)O. The molecule has 0 aliphatic carbocycles. The van der Waals surface area contributed by atoms with Gasteiger partial charge in [0.1, 0.15) is 6.04 Å². The van der Waals surface area contributed by atoms with Gasteiger partial charge in [-0.1, -0.05) is 60.7 Å². The highest BCUT2D eigenvalue weighted by atomic mass is 31.2. The quantitative estimate of drug-likeness (QED) is 0.252. The molecule has 0 saturated carbocycles. The molecule has 0 spiro atoms. The summed E-state index contributed by atoms with van der Waals surface area (Å²) in [5.41, 5.74) is 4.58. The van der Waals surface area contributed by atoms with Gasteiger partial charge in [0.05, 0.1) is 6.61 Å². The first kappa shape index (κ1) is 21.7. The molecule has 0 amide bonds. The predicted octanol–water partition coefficient (Wildman–Crippen LogP) is 2.63. The van der Waals surface area contributed by atoms with Gasteiger partial charge in [0.15, 0.2) is 5.78 Å². The van der Waals surface area contributed by atoms with Gasteiger partial charge < -0.3 is 4.52 Å². The van der Waals surface area contributed by atoms with E-state index in [9.17, 15) is 14.2 Å². The number of phosphoric ester groups is 1. The third-order valence-corrected chi connectivity index (χ3v) is 3.94. The van der Waals surface area contributed by atoms with E-state index in [-0.39, 0.29) is 12.4 Å². The van der Waals surface area contributed by atoms with E-state index in [2.05, 4.69) is 10.0 Å². The first-order chi connectivity index (χ1) is 13.2. The molecular weight excluding hydrogens is 385 g/mol. The number of benzene rings is 2. The average molecular weight is 405 g/mol. The molecule has 0 heterocycles. The van der Waals surface area contributed by atoms with Crippen LogP contribution in [0.5, 0.6) is 0 Å². The first-order valence-electron chi connectivity index (χ1n) is 8.27. The molecule has 2 aromatic rings. The van der Waals surface area contributed by atoms with Crippen molar-refractivity contribution in [1.82, 2.24) is 5.48 Å². The number of allylic oxidation sites excluding steroid dienone is 1. The maximum Gasteiger partial charge on any atom is 0.527 e. The zero-order chi connectivity index (χ0) is 20.6. The Hall–Kier alpha value is -2.61. The molecule has 0 aliphatic heterocycles. The molecule has 2 aromatic carbocycles. The average Bonchev–Trinajstić information content (AvgIpc) is 2.66. The molecule has 8 nitrogen and oxygen atoms in total. The third kappa shape index (κ3) is 7.56. The number of hydrogen-bond acceptors (Lipinski definition) is 6. The van der Waals surface area contributed by atoms with Crippen molar-refractivity contribution in [1.29, 1.82) is 0 Å². The van der Waals surface area contributed by atoms with E-state index in [1.807, 2.05) is 6.07 Å². The number of hydroxylamine groups is 1. The molecule has 28 heavy (non-hydrogen) atoms. The second-order valence-corrected chi connectivity index (χ2v) is 7.00. The Morgan fingerprint density at radius 2 is 1.75 bits per heavy atom. The minimum atomic E-state index is -4.88. The highest BCUT2D eigenvalue weighted by molar-refractivity contribution is 7.46. The van der Waals surface area contributed by atoms with E-state index in [0.29, 0.717) is 5.56 Å². The van der Waals surface area contributed by atoms with Gasteiger partial charge in [-0.05, 0) is 24.1 Å². The van der Waals surface area contributed by atoms with E-state index in [4.69, 9.17) is 14.6 Å². The summed E-state index contributed by atoms with van der Waals surface area (Å²) in [6, 6.07) is 15.1. The summed E-state index contributed by atoms with van der Waals surface area (Å²) in [4.78, 5) is 45.7. The van der Waals surface area contributed by atoms with Crippen LogP contribution in [0, 0.1) is 0 Å². The predicted molar refractivity (Wildman–Crippen MR) is 102 cm³/mol. The summed E-state index contributed by atoms with van der Waals surface area (Å²) in [6.45, 7) is 1.45. The molecule has 0 fully saturated rings.